The molecule has 0 aliphatic heterocycles. The van der Waals surface area contributed by atoms with Crippen molar-refractivity contribution in [2.75, 3.05) is 23.8 Å². The number of benzene rings is 1. The molecule has 110 valence electrons. The maximum atomic E-state index is 10.9. The van der Waals surface area contributed by atoms with Gasteiger partial charge in [-0.1, -0.05) is 24.3 Å². The van der Waals surface area contributed by atoms with Gasteiger partial charge in [-0.3, -0.25) is 4.79 Å². The third-order valence-corrected chi connectivity index (χ3v) is 3.73. The number of aliphatic carboxylic acids is 1. The fourth-order valence-electron chi connectivity index (χ4n) is 2.55. The first-order chi connectivity index (χ1) is 10.1. The summed E-state index contributed by atoms with van der Waals surface area (Å²) in [7, 11) is 1.76. The molecule has 2 aromatic rings. The fourth-order valence-corrected chi connectivity index (χ4v) is 2.55. The van der Waals surface area contributed by atoms with E-state index in [-0.39, 0.29) is 6.54 Å². The molecule has 5 nitrogen and oxygen atoms in total. The summed E-state index contributed by atoms with van der Waals surface area (Å²) >= 11 is 0. The second kappa shape index (κ2) is 5.24. The molecule has 1 aromatic heterocycles. The highest BCUT2D eigenvalue weighted by Crippen LogP contribution is 2.35. The fraction of sp³-hybridized carbons (Fsp3) is 0.375. The SMILES string of the molecule is Cc1nc(N(C)CC(=O)O)c2ccccc2c1NC1CC1. The largest absolute Gasteiger partial charge is 0.480 e. The summed E-state index contributed by atoms with van der Waals surface area (Å²) in [6.45, 7) is 1.90. The molecule has 1 aliphatic rings. The van der Waals surface area contributed by atoms with Crippen molar-refractivity contribution in [3.63, 3.8) is 0 Å². The van der Waals surface area contributed by atoms with Gasteiger partial charge >= 0.3 is 5.97 Å². The van der Waals surface area contributed by atoms with E-state index in [1.807, 2.05) is 25.1 Å². The molecule has 0 radical (unpaired) electrons. The minimum absolute atomic E-state index is 0.0637. The Morgan fingerprint density at radius 3 is 2.67 bits per heavy atom. The van der Waals surface area contributed by atoms with Gasteiger partial charge in [0.25, 0.3) is 0 Å². The van der Waals surface area contributed by atoms with E-state index in [0.717, 1.165) is 22.2 Å². The molecule has 0 saturated heterocycles. The van der Waals surface area contributed by atoms with Crippen LogP contribution in [0.2, 0.25) is 0 Å². The van der Waals surface area contributed by atoms with Gasteiger partial charge in [0.05, 0.1) is 11.4 Å². The standard InChI is InChI=1S/C16H19N3O2/c1-10-15(18-11-7-8-11)12-5-3-4-6-13(12)16(17-10)19(2)9-14(20)21/h3-6,11,18H,7-9H2,1-2H3,(H,20,21). The topological polar surface area (TPSA) is 65.5 Å². The number of anilines is 2. The number of carboxylic acid groups (broad SMARTS) is 1. The lowest BCUT2D eigenvalue weighted by Crippen LogP contribution is -2.26. The van der Waals surface area contributed by atoms with Gasteiger partial charge in [0.15, 0.2) is 0 Å². The Hall–Kier alpha value is -2.30. The second-order valence-electron chi connectivity index (χ2n) is 5.61. The summed E-state index contributed by atoms with van der Waals surface area (Å²) in [6, 6.07) is 8.57. The maximum absolute atomic E-state index is 10.9. The van der Waals surface area contributed by atoms with Gasteiger partial charge in [-0.05, 0) is 19.8 Å². The van der Waals surface area contributed by atoms with Gasteiger partial charge in [-0.25, -0.2) is 4.98 Å². The first kappa shape index (κ1) is 13.7. The number of carbonyl (C=O) groups is 1. The van der Waals surface area contributed by atoms with Crippen molar-refractivity contribution in [1.29, 1.82) is 0 Å². The van der Waals surface area contributed by atoms with Gasteiger partial charge in [-0.2, -0.15) is 0 Å². The van der Waals surface area contributed by atoms with Crippen LogP contribution in [-0.4, -0.2) is 35.7 Å². The molecule has 0 atom stereocenters. The number of nitrogens with zero attached hydrogens (tertiary/aromatic N) is 2. The lowest BCUT2D eigenvalue weighted by atomic mass is 10.1. The second-order valence-corrected chi connectivity index (χ2v) is 5.61. The number of fused-ring (bicyclic) bond motifs is 1. The molecule has 1 fully saturated rings. The van der Waals surface area contributed by atoms with E-state index in [1.165, 1.54) is 12.8 Å². The van der Waals surface area contributed by atoms with E-state index in [2.05, 4.69) is 16.4 Å². The Balaban J connectivity index is 2.11. The molecular weight excluding hydrogens is 266 g/mol. The molecular formula is C16H19N3O2. The van der Waals surface area contributed by atoms with Crippen LogP contribution in [0.4, 0.5) is 11.5 Å². The van der Waals surface area contributed by atoms with Gasteiger partial charge < -0.3 is 15.3 Å². The minimum Gasteiger partial charge on any atom is -0.480 e. The van der Waals surface area contributed by atoms with E-state index in [1.54, 1.807) is 11.9 Å². The van der Waals surface area contributed by atoms with Crippen LogP contribution in [-0.2, 0) is 4.79 Å². The van der Waals surface area contributed by atoms with Crippen LogP contribution >= 0.6 is 0 Å². The summed E-state index contributed by atoms with van der Waals surface area (Å²) in [5.74, 6) is -0.145. The lowest BCUT2D eigenvalue weighted by Gasteiger charge is -2.21. The highest BCUT2D eigenvalue weighted by Gasteiger charge is 2.24. The summed E-state index contributed by atoms with van der Waals surface area (Å²) in [5.41, 5.74) is 1.98. The Labute approximate surface area is 123 Å². The first-order valence-electron chi connectivity index (χ1n) is 7.15. The molecule has 1 aromatic carbocycles. The van der Waals surface area contributed by atoms with Crippen molar-refractivity contribution in [2.24, 2.45) is 0 Å². The number of carboxylic acids is 1. The van der Waals surface area contributed by atoms with Crippen LogP contribution in [0.15, 0.2) is 24.3 Å². The number of hydrogen-bond acceptors (Lipinski definition) is 4. The Kier molecular flexibility index (Phi) is 3.41. The van der Waals surface area contributed by atoms with Crippen molar-refractivity contribution in [2.45, 2.75) is 25.8 Å². The first-order valence-corrected chi connectivity index (χ1v) is 7.15. The minimum atomic E-state index is -0.860. The third kappa shape index (κ3) is 2.77. The Morgan fingerprint density at radius 2 is 2.05 bits per heavy atom. The van der Waals surface area contributed by atoms with Crippen molar-refractivity contribution in [3.8, 4) is 0 Å². The van der Waals surface area contributed by atoms with Gasteiger partial charge in [-0.15, -0.1) is 0 Å². The molecule has 1 saturated carbocycles. The number of rotatable bonds is 5. The van der Waals surface area contributed by atoms with Gasteiger partial charge in [0.1, 0.15) is 12.4 Å². The quantitative estimate of drug-likeness (QED) is 0.884. The zero-order valence-electron chi connectivity index (χ0n) is 12.3. The maximum Gasteiger partial charge on any atom is 0.323 e. The molecule has 2 N–H and O–H groups in total. The number of nitrogens with one attached hydrogen (secondary N) is 1. The molecule has 0 spiro atoms. The summed E-state index contributed by atoms with van der Waals surface area (Å²) < 4.78 is 0. The Bertz CT molecular complexity index is 695. The number of hydrogen-bond donors (Lipinski definition) is 2. The number of aryl methyl sites for hydroxylation is 1. The number of aromatic nitrogens is 1. The molecule has 0 amide bonds. The smallest absolute Gasteiger partial charge is 0.323 e. The highest BCUT2D eigenvalue weighted by molar-refractivity contribution is 6.01. The van der Waals surface area contributed by atoms with E-state index < -0.39 is 5.97 Å². The van der Waals surface area contributed by atoms with Crippen LogP contribution in [0.25, 0.3) is 10.8 Å². The van der Waals surface area contributed by atoms with E-state index in [4.69, 9.17) is 5.11 Å². The predicted molar refractivity (Wildman–Crippen MR) is 84.0 cm³/mol. The van der Waals surface area contributed by atoms with Crippen LogP contribution < -0.4 is 10.2 Å². The normalized spacial score (nSPS) is 14.2. The third-order valence-electron chi connectivity index (χ3n) is 3.73. The summed E-state index contributed by atoms with van der Waals surface area (Å²) in [6.07, 6.45) is 2.41. The molecule has 0 unspecified atom stereocenters. The zero-order valence-corrected chi connectivity index (χ0v) is 12.3. The summed E-state index contributed by atoms with van der Waals surface area (Å²) in [4.78, 5) is 17.3. The Morgan fingerprint density at radius 1 is 1.38 bits per heavy atom. The van der Waals surface area contributed by atoms with Crippen LogP contribution in [0.1, 0.15) is 18.5 Å². The lowest BCUT2D eigenvalue weighted by molar-refractivity contribution is -0.135. The van der Waals surface area contributed by atoms with Gasteiger partial charge in [0.2, 0.25) is 0 Å². The average molecular weight is 285 g/mol. The molecule has 5 heteroatoms. The predicted octanol–water partition coefficient (Wildman–Crippen LogP) is 2.64. The average Bonchev–Trinajstić information content (AvgIpc) is 3.25. The van der Waals surface area contributed by atoms with Crippen LogP contribution in [0, 0.1) is 6.92 Å². The van der Waals surface area contributed by atoms with Crippen LogP contribution in [0.3, 0.4) is 0 Å². The monoisotopic (exact) mass is 285 g/mol. The molecule has 1 aliphatic carbocycles. The molecule has 3 rings (SSSR count). The van der Waals surface area contributed by atoms with E-state index >= 15 is 0 Å². The van der Waals surface area contributed by atoms with E-state index in [0.29, 0.717) is 11.9 Å². The highest BCUT2D eigenvalue weighted by atomic mass is 16.4. The van der Waals surface area contributed by atoms with Crippen LogP contribution in [0.5, 0.6) is 0 Å². The van der Waals surface area contributed by atoms with Crippen molar-refractivity contribution in [3.05, 3.63) is 30.0 Å². The van der Waals surface area contributed by atoms with Crippen molar-refractivity contribution >= 4 is 28.2 Å². The van der Waals surface area contributed by atoms with Crippen molar-refractivity contribution < 1.29 is 9.90 Å². The zero-order chi connectivity index (χ0) is 15.0. The number of pyridine rings is 1. The van der Waals surface area contributed by atoms with E-state index in [9.17, 15) is 4.79 Å². The van der Waals surface area contributed by atoms with Crippen molar-refractivity contribution in [1.82, 2.24) is 4.98 Å². The number of likely N-dealkylation sites (N-methyl/N-ethyl adjacent to an activating group) is 1. The molecule has 21 heavy (non-hydrogen) atoms. The molecule has 1 heterocycles. The molecule has 0 bridgehead atoms. The summed E-state index contributed by atoms with van der Waals surface area (Å²) in [5, 5.41) is 14.6. The van der Waals surface area contributed by atoms with Gasteiger partial charge in [0, 0.05) is 23.9 Å².